The molecule has 0 unspecified atom stereocenters. The van der Waals surface area contributed by atoms with Crippen molar-refractivity contribution in [2.24, 2.45) is 0 Å². The molecule has 1 N–H and O–H groups in total. The van der Waals surface area contributed by atoms with Gasteiger partial charge in [-0.25, -0.2) is 13.4 Å². The van der Waals surface area contributed by atoms with Crippen LogP contribution < -0.4 is 4.74 Å². The summed E-state index contributed by atoms with van der Waals surface area (Å²) in [6, 6.07) is 0. The first-order chi connectivity index (χ1) is 7.52. The van der Waals surface area contributed by atoms with E-state index in [1.807, 2.05) is 0 Å². The molecule has 0 fully saturated rings. The second-order valence-corrected chi connectivity index (χ2v) is 5.06. The molecule has 96 valence electrons. The van der Waals surface area contributed by atoms with E-state index >= 15 is 0 Å². The van der Waals surface area contributed by atoms with Crippen LogP contribution in [0.1, 0.15) is 0 Å². The number of aromatic hydroxyl groups is 1. The van der Waals surface area contributed by atoms with Crippen LogP contribution in [0.3, 0.4) is 0 Å². The van der Waals surface area contributed by atoms with Crippen molar-refractivity contribution in [3.63, 3.8) is 0 Å². The molecule has 0 atom stereocenters. The summed E-state index contributed by atoms with van der Waals surface area (Å²) in [6.07, 6.45) is -5.08. The fraction of sp³-hybridized carbons (Fsp3) is 0.167. The van der Waals surface area contributed by atoms with Crippen molar-refractivity contribution >= 4 is 19.7 Å². The minimum atomic E-state index is -5.21. The normalized spacial score (nSPS) is 12.5. The van der Waals surface area contributed by atoms with Crippen LogP contribution in [0, 0.1) is 5.82 Å². The zero-order valence-corrected chi connectivity index (χ0v) is 9.07. The third-order valence-corrected chi connectivity index (χ3v) is 2.58. The minimum absolute atomic E-state index is 0.137. The van der Waals surface area contributed by atoms with Crippen molar-refractivity contribution in [3.8, 4) is 11.5 Å². The molecule has 0 aliphatic rings. The summed E-state index contributed by atoms with van der Waals surface area (Å²) < 4.78 is 72.9. The number of hydrogen-bond acceptors (Lipinski definition) is 5. The van der Waals surface area contributed by atoms with Crippen molar-refractivity contribution in [1.29, 1.82) is 0 Å². The molecule has 17 heavy (non-hydrogen) atoms. The summed E-state index contributed by atoms with van der Waals surface area (Å²) in [4.78, 5) is 2.86. The molecule has 0 aliphatic heterocycles. The van der Waals surface area contributed by atoms with E-state index < -0.39 is 37.8 Å². The summed E-state index contributed by atoms with van der Waals surface area (Å²) in [5.41, 5.74) is 0. The van der Waals surface area contributed by atoms with Crippen molar-refractivity contribution < 1.29 is 35.8 Å². The van der Waals surface area contributed by atoms with Crippen LogP contribution in [0.25, 0.3) is 0 Å². The van der Waals surface area contributed by atoms with Gasteiger partial charge in [-0.05, 0) is 0 Å². The number of alkyl halides is 3. The smallest absolute Gasteiger partial charge is 0.503 e. The summed E-state index contributed by atoms with van der Waals surface area (Å²) in [5, 5.41) is 7.66. The van der Waals surface area contributed by atoms with Gasteiger partial charge in [0.2, 0.25) is 10.8 Å². The molecule has 1 aromatic heterocycles. The predicted octanol–water partition coefficient (Wildman–Crippen LogP) is 1.75. The SMILES string of the molecule is O=S(=O)(Cl)c1ncc(OC(F)(F)F)c(F)c1O. The largest absolute Gasteiger partial charge is 0.573 e. The average Bonchev–Trinajstić information content (AvgIpc) is 2.08. The molecular weight excluding hydrogens is 294 g/mol. The molecular formula is C6H2ClF4NO4S. The quantitative estimate of drug-likeness (QED) is 0.664. The maximum absolute atomic E-state index is 13.1. The van der Waals surface area contributed by atoms with Gasteiger partial charge in [0, 0.05) is 10.7 Å². The highest BCUT2D eigenvalue weighted by Gasteiger charge is 2.34. The van der Waals surface area contributed by atoms with E-state index in [0.717, 1.165) is 0 Å². The van der Waals surface area contributed by atoms with Crippen LogP contribution in [0.15, 0.2) is 11.2 Å². The maximum Gasteiger partial charge on any atom is 0.573 e. The van der Waals surface area contributed by atoms with Crippen molar-refractivity contribution in [2.75, 3.05) is 0 Å². The topological polar surface area (TPSA) is 76.5 Å². The Morgan fingerprint density at radius 1 is 1.41 bits per heavy atom. The Labute approximate surface area is 96.0 Å². The van der Waals surface area contributed by atoms with E-state index in [2.05, 4.69) is 9.72 Å². The van der Waals surface area contributed by atoms with E-state index in [4.69, 9.17) is 15.8 Å². The van der Waals surface area contributed by atoms with Crippen LogP contribution in [0.5, 0.6) is 11.5 Å². The summed E-state index contributed by atoms with van der Waals surface area (Å²) >= 11 is 0. The van der Waals surface area contributed by atoms with Crippen LogP contribution in [0.2, 0.25) is 0 Å². The van der Waals surface area contributed by atoms with Crippen molar-refractivity contribution in [3.05, 3.63) is 12.0 Å². The predicted molar refractivity (Wildman–Crippen MR) is 45.6 cm³/mol. The van der Waals surface area contributed by atoms with Gasteiger partial charge >= 0.3 is 6.36 Å². The Kier molecular flexibility index (Phi) is 3.39. The van der Waals surface area contributed by atoms with Gasteiger partial charge in [-0.15, -0.1) is 13.2 Å². The molecule has 0 spiro atoms. The number of ether oxygens (including phenoxy) is 1. The van der Waals surface area contributed by atoms with Gasteiger partial charge in [-0.1, -0.05) is 0 Å². The Hall–Kier alpha value is -1.29. The van der Waals surface area contributed by atoms with Crippen molar-refractivity contribution in [1.82, 2.24) is 4.98 Å². The lowest BCUT2D eigenvalue weighted by molar-refractivity contribution is -0.275. The van der Waals surface area contributed by atoms with Crippen LogP contribution in [0.4, 0.5) is 17.6 Å². The molecule has 0 radical (unpaired) electrons. The lowest BCUT2D eigenvalue weighted by Gasteiger charge is -2.10. The average molecular weight is 296 g/mol. The zero-order chi connectivity index (χ0) is 13.4. The molecule has 1 heterocycles. The van der Waals surface area contributed by atoms with Gasteiger partial charge < -0.3 is 9.84 Å². The summed E-state index contributed by atoms with van der Waals surface area (Å²) in [7, 11) is 0.159. The molecule has 1 rings (SSSR count). The first-order valence-corrected chi connectivity index (χ1v) is 5.91. The van der Waals surface area contributed by atoms with Gasteiger partial charge in [-0.3, -0.25) is 0 Å². The highest BCUT2D eigenvalue weighted by atomic mass is 35.7. The van der Waals surface area contributed by atoms with E-state index in [0.29, 0.717) is 0 Å². The maximum atomic E-state index is 13.1. The number of rotatable bonds is 2. The third-order valence-electron chi connectivity index (χ3n) is 1.38. The standard InChI is InChI=1S/C6H2ClF4NO4S/c7-17(14,15)5-4(13)3(8)2(1-12-5)16-6(9,10)11/h1,13H. The fourth-order valence-electron chi connectivity index (χ4n) is 0.820. The second kappa shape index (κ2) is 4.18. The van der Waals surface area contributed by atoms with E-state index in [1.54, 1.807) is 0 Å². The number of pyridine rings is 1. The number of hydrogen-bond donors (Lipinski definition) is 1. The fourth-order valence-corrected chi connectivity index (χ4v) is 1.66. The molecule has 1 aromatic rings. The lowest BCUT2D eigenvalue weighted by Crippen LogP contribution is -2.18. The monoisotopic (exact) mass is 295 g/mol. The highest BCUT2D eigenvalue weighted by molar-refractivity contribution is 8.13. The lowest BCUT2D eigenvalue weighted by atomic mass is 10.4. The Morgan fingerprint density at radius 2 is 1.94 bits per heavy atom. The highest BCUT2D eigenvalue weighted by Crippen LogP contribution is 2.34. The molecule has 5 nitrogen and oxygen atoms in total. The van der Waals surface area contributed by atoms with Gasteiger partial charge in [0.25, 0.3) is 9.05 Å². The van der Waals surface area contributed by atoms with E-state index in [1.165, 1.54) is 0 Å². The Bertz CT molecular complexity index is 544. The van der Waals surface area contributed by atoms with Gasteiger partial charge in [0.05, 0.1) is 6.20 Å². The molecule has 0 saturated carbocycles. The number of nitrogens with zero attached hydrogens (tertiary/aromatic N) is 1. The number of halogens is 5. The third kappa shape index (κ3) is 3.33. The molecule has 11 heteroatoms. The van der Waals surface area contributed by atoms with E-state index in [9.17, 15) is 26.0 Å². The first kappa shape index (κ1) is 13.8. The molecule has 0 aromatic carbocycles. The van der Waals surface area contributed by atoms with Gasteiger partial charge in [0.15, 0.2) is 11.5 Å². The Morgan fingerprint density at radius 3 is 2.35 bits per heavy atom. The molecule has 0 bridgehead atoms. The van der Waals surface area contributed by atoms with Gasteiger partial charge in [-0.2, -0.15) is 4.39 Å². The number of aromatic nitrogens is 1. The Balaban J connectivity index is 3.30. The van der Waals surface area contributed by atoms with Crippen LogP contribution in [-0.4, -0.2) is 24.9 Å². The molecule has 0 aliphatic carbocycles. The molecule has 0 saturated heterocycles. The second-order valence-electron chi connectivity index (χ2n) is 2.58. The first-order valence-electron chi connectivity index (χ1n) is 3.60. The zero-order valence-electron chi connectivity index (χ0n) is 7.49. The van der Waals surface area contributed by atoms with Crippen LogP contribution in [-0.2, 0) is 9.05 Å². The van der Waals surface area contributed by atoms with E-state index in [-0.39, 0.29) is 6.20 Å². The minimum Gasteiger partial charge on any atom is -0.503 e. The van der Waals surface area contributed by atoms with Gasteiger partial charge in [0.1, 0.15) is 0 Å². The molecule has 0 amide bonds. The summed E-state index contributed by atoms with van der Waals surface area (Å²) in [5.74, 6) is -5.06. The van der Waals surface area contributed by atoms with Crippen LogP contribution >= 0.6 is 10.7 Å². The summed E-state index contributed by atoms with van der Waals surface area (Å²) in [6.45, 7) is 0. The van der Waals surface area contributed by atoms with Crippen molar-refractivity contribution in [2.45, 2.75) is 11.4 Å².